The summed E-state index contributed by atoms with van der Waals surface area (Å²) in [6.07, 6.45) is 5.28. The third-order valence-corrected chi connectivity index (χ3v) is 5.74. The summed E-state index contributed by atoms with van der Waals surface area (Å²) in [5.74, 6) is 7.40. The van der Waals surface area contributed by atoms with E-state index in [-0.39, 0.29) is 0 Å². The van der Waals surface area contributed by atoms with Crippen molar-refractivity contribution in [2.75, 3.05) is 0 Å². The second-order valence-corrected chi connectivity index (χ2v) is 8.17. The molecule has 0 radical (unpaired) electrons. The lowest BCUT2D eigenvalue weighted by atomic mass is 9.68. The Bertz CT molecular complexity index is 397. The molecule has 0 spiro atoms. The average Bonchev–Trinajstić information content (AvgIpc) is 2.76. The van der Waals surface area contributed by atoms with Crippen molar-refractivity contribution in [3.05, 3.63) is 21.9 Å². The van der Waals surface area contributed by atoms with Gasteiger partial charge in [-0.1, -0.05) is 20.8 Å². The Morgan fingerprint density at radius 1 is 1.26 bits per heavy atom. The fourth-order valence-electron chi connectivity index (χ4n) is 3.52. The quantitative estimate of drug-likeness (QED) is 0.635. The molecule has 0 bridgehead atoms. The van der Waals surface area contributed by atoms with E-state index in [0.717, 1.165) is 5.92 Å². The lowest BCUT2D eigenvalue weighted by Gasteiger charge is -2.39. The van der Waals surface area contributed by atoms with Gasteiger partial charge in [0.2, 0.25) is 0 Å². The van der Waals surface area contributed by atoms with Gasteiger partial charge >= 0.3 is 0 Å². The topological polar surface area (TPSA) is 38.0 Å². The van der Waals surface area contributed by atoms with Crippen molar-refractivity contribution in [1.82, 2.24) is 5.43 Å². The normalized spacial score (nSPS) is 26.4. The van der Waals surface area contributed by atoms with Crippen LogP contribution in [0.25, 0.3) is 0 Å². The highest BCUT2D eigenvalue weighted by Crippen LogP contribution is 2.43. The maximum absolute atomic E-state index is 5.84. The fraction of sp³-hybridized carbons (Fsp3) is 0.750. The summed E-state index contributed by atoms with van der Waals surface area (Å²) < 4.78 is 0. The van der Waals surface area contributed by atoms with E-state index in [1.807, 2.05) is 11.3 Å². The molecular formula is C16H28N2S. The summed E-state index contributed by atoms with van der Waals surface area (Å²) in [5.41, 5.74) is 4.94. The van der Waals surface area contributed by atoms with E-state index in [0.29, 0.717) is 17.4 Å². The molecule has 1 aromatic rings. The Labute approximate surface area is 121 Å². The minimum Gasteiger partial charge on any atom is -0.271 e. The molecule has 0 aliphatic heterocycles. The van der Waals surface area contributed by atoms with Gasteiger partial charge in [-0.3, -0.25) is 11.3 Å². The van der Waals surface area contributed by atoms with Crippen molar-refractivity contribution in [3.8, 4) is 0 Å². The molecular weight excluding hydrogens is 252 g/mol. The lowest BCUT2D eigenvalue weighted by Crippen LogP contribution is -2.37. The van der Waals surface area contributed by atoms with Crippen molar-refractivity contribution in [1.29, 1.82) is 0 Å². The zero-order valence-electron chi connectivity index (χ0n) is 12.7. The molecule has 1 unspecified atom stereocenters. The van der Waals surface area contributed by atoms with Crippen LogP contribution in [0.15, 0.2) is 11.4 Å². The zero-order valence-corrected chi connectivity index (χ0v) is 13.5. The molecule has 0 aromatic carbocycles. The molecule has 1 aliphatic rings. The zero-order chi connectivity index (χ0) is 14.0. The first-order valence-corrected chi connectivity index (χ1v) is 8.31. The number of hydrazine groups is 1. The van der Waals surface area contributed by atoms with E-state index in [9.17, 15) is 0 Å². The van der Waals surface area contributed by atoms with Crippen LogP contribution in [0.4, 0.5) is 0 Å². The number of aryl methyl sites for hydroxylation is 1. The molecule has 1 saturated carbocycles. The van der Waals surface area contributed by atoms with Crippen LogP contribution in [0.3, 0.4) is 0 Å². The third-order valence-electron chi connectivity index (χ3n) is 4.88. The van der Waals surface area contributed by atoms with Gasteiger partial charge in [0.25, 0.3) is 0 Å². The van der Waals surface area contributed by atoms with Crippen molar-refractivity contribution in [2.24, 2.45) is 23.1 Å². The second-order valence-electron chi connectivity index (χ2n) is 7.05. The molecule has 2 nitrogen and oxygen atoms in total. The van der Waals surface area contributed by atoms with E-state index >= 15 is 0 Å². The molecule has 1 heterocycles. The van der Waals surface area contributed by atoms with Crippen molar-refractivity contribution in [3.63, 3.8) is 0 Å². The Morgan fingerprint density at radius 3 is 2.32 bits per heavy atom. The van der Waals surface area contributed by atoms with Crippen LogP contribution in [0.2, 0.25) is 0 Å². The summed E-state index contributed by atoms with van der Waals surface area (Å²) in [6, 6.07) is 2.58. The highest BCUT2D eigenvalue weighted by Gasteiger charge is 2.33. The predicted octanol–water partition coefficient (Wildman–Crippen LogP) is 4.41. The van der Waals surface area contributed by atoms with Gasteiger partial charge in [0.15, 0.2) is 0 Å². The van der Waals surface area contributed by atoms with E-state index < -0.39 is 0 Å². The Hall–Kier alpha value is -0.380. The SMILES string of the molecule is Cc1sccc1C(NN)C1CCC(C(C)(C)C)CC1. The van der Waals surface area contributed by atoms with Crippen molar-refractivity contribution < 1.29 is 0 Å². The van der Waals surface area contributed by atoms with Crippen LogP contribution in [-0.4, -0.2) is 0 Å². The van der Waals surface area contributed by atoms with Gasteiger partial charge in [0, 0.05) is 10.9 Å². The molecule has 108 valence electrons. The molecule has 1 aromatic heterocycles. The molecule has 0 amide bonds. The molecule has 19 heavy (non-hydrogen) atoms. The molecule has 1 aliphatic carbocycles. The van der Waals surface area contributed by atoms with Gasteiger partial charge in [-0.05, 0) is 66.9 Å². The molecule has 3 N–H and O–H groups in total. The third kappa shape index (κ3) is 3.39. The highest BCUT2D eigenvalue weighted by atomic mass is 32.1. The average molecular weight is 280 g/mol. The first-order valence-electron chi connectivity index (χ1n) is 7.43. The fourth-order valence-corrected chi connectivity index (χ4v) is 4.27. The molecule has 0 saturated heterocycles. The van der Waals surface area contributed by atoms with Crippen LogP contribution in [0.1, 0.15) is 62.9 Å². The smallest absolute Gasteiger partial charge is 0.0499 e. The van der Waals surface area contributed by atoms with E-state index in [1.165, 1.54) is 36.1 Å². The van der Waals surface area contributed by atoms with Crippen LogP contribution < -0.4 is 11.3 Å². The Balaban J connectivity index is 2.02. The molecule has 2 rings (SSSR count). The molecule has 1 atom stereocenters. The number of hydrogen-bond acceptors (Lipinski definition) is 3. The van der Waals surface area contributed by atoms with Crippen LogP contribution in [0, 0.1) is 24.2 Å². The van der Waals surface area contributed by atoms with Gasteiger partial charge in [0.05, 0.1) is 0 Å². The standard InChI is InChI=1S/C16H28N2S/c1-11-14(9-10-19-11)15(18-17)12-5-7-13(8-6-12)16(2,3)4/h9-10,12-13,15,18H,5-8,17H2,1-4H3. The molecule has 1 fully saturated rings. The predicted molar refractivity (Wildman–Crippen MR) is 84.0 cm³/mol. The van der Waals surface area contributed by atoms with E-state index in [1.54, 1.807) is 0 Å². The van der Waals surface area contributed by atoms with Gasteiger partial charge in [-0.15, -0.1) is 11.3 Å². The number of thiophene rings is 1. The van der Waals surface area contributed by atoms with Crippen LogP contribution >= 0.6 is 11.3 Å². The van der Waals surface area contributed by atoms with Gasteiger partial charge in [-0.25, -0.2) is 0 Å². The number of rotatable bonds is 3. The highest BCUT2D eigenvalue weighted by molar-refractivity contribution is 7.10. The van der Waals surface area contributed by atoms with Crippen LogP contribution in [0.5, 0.6) is 0 Å². The Kier molecular flexibility index (Phi) is 4.70. The van der Waals surface area contributed by atoms with E-state index in [4.69, 9.17) is 5.84 Å². The van der Waals surface area contributed by atoms with E-state index in [2.05, 4.69) is 44.6 Å². The summed E-state index contributed by atoms with van der Waals surface area (Å²) >= 11 is 1.82. The summed E-state index contributed by atoms with van der Waals surface area (Å²) in [7, 11) is 0. The van der Waals surface area contributed by atoms with Crippen LogP contribution in [-0.2, 0) is 0 Å². The number of hydrogen-bond donors (Lipinski definition) is 2. The first-order chi connectivity index (χ1) is 8.93. The maximum atomic E-state index is 5.84. The van der Waals surface area contributed by atoms with Gasteiger partial charge in [-0.2, -0.15) is 0 Å². The van der Waals surface area contributed by atoms with Gasteiger partial charge < -0.3 is 0 Å². The molecule has 3 heteroatoms. The largest absolute Gasteiger partial charge is 0.271 e. The van der Waals surface area contributed by atoms with Crippen molar-refractivity contribution in [2.45, 2.75) is 59.4 Å². The summed E-state index contributed by atoms with van der Waals surface area (Å²) in [5, 5.41) is 2.18. The first kappa shape index (κ1) is 15.0. The van der Waals surface area contributed by atoms with Crippen molar-refractivity contribution >= 4 is 11.3 Å². The second kappa shape index (κ2) is 5.94. The Morgan fingerprint density at radius 2 is 1.89 bits per heavy atom. The number of nitrogens with two attached hydrogens (primary N) is 1. The summed E-state index contributed by atoms with van der Waals surface area (Å²) in [6.45, 7) is 9.32. The maximum Gasteiger partial charge on any atom is 0.0499 e. The number of nitrogens with one attached hydrogen (secondary N) is 1. The minimum atomic E-state index is 0.340. The monoisotopic (exact) mass is 280 g/mol. The lowest BCUT2D eigenvalue weighted by molar-refractivity contribution is 0.132. The summed E-state index contributed by atoms with van der Waals surface area (Å²) in [4.78, 5) is 1.40. The minimum absolute atomic E-state index is 0.340. The van der Waals surface area contributed by atoms with Gasteiger partial charge in [0.1, 0.15) is 0 Å².